The molecule has 0 bridgehead atoms. The van der Waals surface area contributed by atoms with E-state index >= 15 is 0 Å². The van der Waals surface area contributed by atoms with Crippen LogP contribution in [0.15, 0.2) is 37.4 Å². The maximum absolute atomic E-state index is 13.5. The van der Waals surface area contributed by atoms with Gasteiger partial charge in [0.25, 0.3) is 5.69 Å². The average molecular weight is 612 g/mol. The first-order valence-corrected chi connectivity index (χ1v) is 16.5. The molecule has 0 spiro atoms. The van der Waals surface area contributed by atoms with Gasteiger partial charge in [-0.25, -0.2) is 19.1 Å². The Morgan fingerprint density at radius 3 is 2.38 bits per heavy atom. The van der Waals surface area contributed by atoms with E-state index in [4.69, 9.17) is 16.3 Å². The summed E-state index contributed by atoms with van der Waals surface area (Å²) in [6.07, 6.45) is 6.97. The third kappa shape index (κ3) is 7.21. The molecule has 1 amide bonds. The summed E-state index contributed by atoms with van der Waals surface area (Å²) in [7, 11) is 0. The maximum Gasteiger partial charge on any atom is 0.416 e. The number of nitrogens with one attached hydrogen (secondary N) is 1. The molecule has 1 N–H and O–H groups in total. The Hall–Kier alpha value is -3.79. The van der Waals surface area contributed by atoms with Gasteiger partial charge >= 0.3 is 6.09 Å². The highest BCUT2D eigenvalue weighted by Gasteiger charge is 2.43. The minimum absolute atomic E-state index is 0.115. The van der Waals surface area contributed by atoms with Gasteiger partial charge in [0.15, 0.2) is 5.82 Å². The minimum atomic E-state index is -0.555. The number of aromatic nitrogens is 3. The Labute approximate surface area is 270 Å². The second-order valence-corrected chi connectivity index (χ2v) is 14.9. The Morgan fingerprint density at radius 2 is 1.80 bits per heavy atom. The molecule has 45 heavy (non-hydrogen) atoms. The van der Waals surface area contributed by atoms with Crippen LogP contribution < -0.4 is 4.74 Å². The molecular formula is C38H53N5O2. The fourth-order valence-electron chi connectivity index (χ4n) is 7.59. The minimum Gasteiger partial charge on any atom is -0.402 e. The third-order valence-electron chi connectivity index (χ3n) is 9.77. The molecule has 0 radical (unpaired) electrons. The van der Waals surface area contributed by atoms with E-state index in [0.29, 0.717) is 66.3 Å². The number of rotatable bonds is 10. The van der Waals surface area contributed by atoms with Crippen LogP contribution in [0.25, 0.3) is 21.9 Å². The molecule has 1 aromatic carbocycles. The zero-order valence-corrected chi connectivity index (χ0v) is 29.0. The molecule has 3 aromatic rings. The molecule has 4 rings (SSSR count). The number of hydrogen-bond donors (Lipinski definition) is 1. The van der Waals surface area contributed by atoms with Gasteiger partial charge in [0.2, 0.25) is 5.88 Å². The summed E-state index contributed by atoms with van der Waals surface area (Å²) in [5.41, 5.74) is 6.49. The molecule has 4 unspecified atom stereocenters. The monoisotopic (exact) mass is 611 g/mol. The van der Waals surface area contributed by atoms with Crippen molar-refractivity contribution in [3.8, 4) is 17.3 Å². The molecule has 1 saturated carbocycles. The van der Waals surface area contributed by atoms with Crippen molar-refractivity contribution in [1.29, 1.82) is 0 Å². The highest BCUT2D eigenvalue weighted by atomic mass is 16.6. The van der Waals surface area contributed by atoms with Crippen LogP contribution in [0.4, 0.5) is 10.5 Å². The summed E-state index contributed by atoms with van der Waals surface area (Å²) in [6.45, 7) is 36.9. The summed E-state index contributed by atoms with van der Waals surface area (Å²) in [6, 6.07) is 4.32. The molecule has 2 aromatic heterocycles. The Balaban J connectivity index is 1.93. The van der Waals surface area contributed by atoms with Crippen molar-refractivity contribution in [2.45, 2.75) is 88.0 Å². The van der Waals surface area contributed by atoms with Crippen LogP contribution in [0.1, 0.15) is 83.1 Å². The van der Waals surface area contributed by atoms with E-state index in [2.05, 4.69) is 97.5 Å². The number of H-pyrrole nitrogens is 1. The fourth-order valence-corrected chi connectivity index (χ4v) is 7.59. The lowest BCUT2D eigenvalue weighted by Gasteiger charge is -2.48. The van der Waals surface area contributed by atoms with Crippen LogP contribution in [0.3, 0.4) is 0 Å². The van der Waals surface area contributed by atoms with E-state index in [1.807, 2.05) is 0 Å². The van der Waals surface area contributed by atoms with Crippen LogP contribution in [-0.4, -0.2) is 38.7 Å². The van der Waals surface area contributed by atoms with E-state index < -0.39 is 6.09 Å². The molecule has 2 heterocycles. The summed E-state index contributed by atoms with van der Waals surface area (Å²) in [5.74, 6) is 3.52. The van der Waals surface area contributed by atoms with Gasteiger partial charge in [0.05, 0.1) is 6.57 Å². The van der Waals surface area contributed by atoms with E-state index in [-0.39, 0.29) is 11.3 Å². The molecule has 7 heteroatoms. The van der Waals surface area contributed by atoms with E-state index in [1.165, 1.54) is 28.9 Å². The number of carbonyl (C=O) groups excluding carboxylic acids is 1. The number of aryl methyl sites for hydroxylation is 3. The van der Waals surface area contributed by atoms with Gasteiger partial charge in [-0.1, -0.05) is 59.8 Å². The van der Waals surface area contributed by atoms with E-state index in [1.54, 1.807) is 16.7 Å². The van der Waals surface area contributed by atoms with Crippen molar-refractivity contribution in [3.63, 3.8) is 0 Å². The van der Waals surface area contributed by atoms with Gasteiger partial charge < -0.3 is 9.64 Å². The molecule has 0 aliphatic heterocycles. The second-order valence-electron chi connectivity index (χ2n) is 14.9. The lowest BCUT2D eigenvalue weighted by atomic mass is 9.57. The average Bonchev–Trinajstić information content (AvgIpc) is 3.48. The first-order chi connectivity index (χ1) is 21.2. The first-order valence-electron chi connectivity index (χ1n) is 16.5. The van der Waals surface area contributed by atoms with Gasteiger partial charge in [-0.2, -0.15) is 0 Å². The summed E-state index contributed by atoms with van der Waals surface area (Å²) < 4.78 is 7.80. The number of ether oxygens (including phenoxy) is 1. The van der Waals surface area contributed by atoms with Gasteiger partial charge in [-0.3, -0.25) is 5.10 Å². The maximum atomic E-state index is 13.5. The number of carbonyl (C=O) groups is 1. The van der Waals surface area contributed by atoms with Crippen LogP contribution >= 0.6 is 0 Å². The van der Waals surface area contributed by atoms with Crippen molar-refractivity contribution in [2.75, 3.05) is 13.1 Å². The van der Waals surface area contributed by atoms with Crippen molar-refractivity contribution in [3.05, 3.63) is 71.1 Å². The molecule has 4 atom stereocenters. The van der Waals surface area contributed by atoms with Crippen LogP contribution in [-0.2, 0) is 6.42 Å². The molecular weight excluding hydrogens is 558 g/mol. The van der Waals surface area contributed by atoms with Crippen molar-refractivity contribution >= 4 is 17.4 Å². The summed E-state index contributed by atoms with van der Waals surface area (Å²) >= 11 is 0. The smallest absolute Gasteiger partial charge is 0.402 e. The van der Waals surface area contributed by atoms with Crippen LogP contribution in [0.2, 0.25) is 0 Å². The van der Waals surface area contributed by atoms with Crippen molar-refractivity contribution in [2.24, 2.45) is 35.0 Å². The Kier molecular flexibility index (Phi) is 10.4. The highest BCUT2D eigenvalue weighted by molar-refractivity contribution is 5.80. The van der Waals surface area contributed by atoms with Crippen LogP contribution in [0.5, 0.6) is 5.88 Å². The fraction of sp³-hybridized carbons (Fsp3) is 0.553. The second kappa shape index (κ2) is 13.7. The summed E-state index contributed by atoms with van der Waals surface area (Å²) in [4.78, 5) is 24.1. The third-order valence-corrected chi connectivity index (χ3v) is 9.77. The van der Waals surface area contributed by atoms with Crippen LogP contribution in [0, 0.1) is 62.3 Å². The van der Waals surface area contributed by atoms with E-state index in [9.17, 15) is 4.79 Å². The van der Waals surface area contributed by atoms with Crippen molar-refractivity contribution in [1.82, 2.24) is 19.5 Å². The normalized spacial score (nSPS) is 20.3. The number of aromatic amines is 1. The number of nitrogens with zero attached hydrogens (tertiary/aromatic N) is 4. The first kappa shape index (κ1) is 34.1. The number of hydrogen-bond acceptors (Lipinski definition) is 3. The number of benzene rings is 1. The zero-order valence-electron chi connectivity index (χ0n) is 29.0. The van der Waals surface area contributed by atoms with Crippen molar-refractivity contribution < 1.29 is 9.53 Å². The number of amides is 1. The number of fused-ring (bicyclic) bond motifs is 1. The summed E-state index contributed by atoms with van der Waals surface area (Å²) in [5, 5.41) is 3.43. The predicted molar refractivity (Wildman–Crippen MR) is 185 cm³/mol. The molecule has 1 aliphatic rings. The topological polar surface area (TPSA) is 67.0 Å². The Bertz CT molecular complexity index is 1580. The molecule has 7 nitrogen and oxygen atoms in total. The quantitative estimate of drug-likeness (QED) is 0.183. The lowest BCUT2D eigenvalue weighted by Crippen LogP contribution is -2.40. The Morgan fingerprint density at radius 1 is 1.16 bits per heavy atom. The molecule has 1 aliphatic carbocycles. The largest absolute Gasteiger partial charge is 0.416 e. The lowest BCUT2D eigenvalue weighted by molar-refractivity contribution is 0.0259. The van der Waals surface area contributed by atoms with Gasteiger partial charge in [-0.15, -0.1) is 13.2 Å². The van der Waals surface area contributed by atoms with Gasteiger partial charge in [0.1, 0.15) is 5.65 Å². The van der Waals surface area contributed by atoms with E-state index in [0.717, 1.165) is 23.1 Å². The van der Waals surface area contributed by atoms with Gasteiger partial charge in [-0.05, 0) is 104 Å². The standard InChI is InChI=1S/C38H53N5O2/c1-13-15-42(16-14-2)37(44)45-36-33(39-12)31(22-30-28(17-23(3)4)18-24(5)19-32(30)38(9,10)11)35-40-34(41-43(35)36)29-21-26(7)25(6)20-27(29)8/h13-14,20-21,23-24,28,30,32H,1-2,15-19,22H2,3-11H3,(H,40,41). The highest BCUT2D eigenvalue weighted by Crippen LogP contribution is 2.51. The predicted octanol–water partition coefficient (Wildman–Crippen LogP) is 9.89. The SMILES string of the molecule is [C-]#[N+]c1c(CC2C(CC(C)C)CC(C)CC2C(C)(C)C)c2nc(-c3cc(C)c(C)cc3C)[nH]n2c1OC(=O)N(CC=C)CC=C. The molecule has 242 valence electrons. The van der Waals surface area contributed by atoms with Gasteiger partial charge in [0, 0.05) is 24.2 Å². The molecule has 0 saturated heterocycles. The zero-order chi connectivity index (χ0) is 33.2. The molecule has 1 fully saturated rings.